The second-order valence-corrected chi connectivity index (χ2v) is 7.66. The SMILES string of the molecule is Cc1nn(CCCNC(=O)c2ccc(Cn3cc(Br)c([N+](=O)[O-])n3)o2)cc1Br. The Kier molecular flexibility index (Phi) is 6.29. The molecule has 0 atom stereocenters. The Bertz CT molecular complexity index is 989. The number of nitrogens with one attached hydrogen (secondary N) is 1. The Labute approximate surface area is 176 Å². The molecule has 0 unspecified atom stereocenters. The van der Waals surface area contributed by atoms with Crippen molar-refractivity contribution in [3.63, 3.8) is 0 Å². The second kappa shape index (κ2) is 8.69. The van der Waals surface area contributed by atoms with Crippen molar-refractivity contribution in [3.05, 3.63) is 60.8 Å². The maximum absolute atomic E-state index is 12.2. The number of amides is 1. The van der Waals surface area contributed by atoms with Crippen molar-refractivity contribution < 1.29 is 14.1 Å². The van der Waals surface area contributed by atoms with Gasteiger partial charge in [0.2, 0.25) is 0 Å². The molecule has 10 nitrogen and oxygen atoms in total. The molecule has 3 aromatic heterocycles. The first-order chi connectivity index (χ1) is 13.3. The summed E-state index contributed by atoms with van der Waals surface area (Å²) in [5.74, 6) is 0.0425. The van der Waals surface area contributed by atoms with Gasteiger partial charge >= 0.3 is 5.82 Å². The van der Waals surface area contributed by atoms with E-state index in [1.807, 2.05) is 17.8 Å². The molecule has 0 aromatic carbocycles. The zero-order valence-electron chi connectivity index (χ0n) is 14.8. The van der Waals surface area contributed by atoms with Crippen LogP contribution in [0.1, 0.15) is 28.4 Å². The normalized spacial score (nSPS) is 11.0. The molecule has 28 heavy (non-hydrogen) atoms. The molecule has 3 rings (SSSR count). The molecule has 0 aliphatic rings. The Morgan fingerprint density at radius 1 is 1.25 bits per heavy atom. The van der Waals surface area contributed by atoms with Gasteiger partial charge in [-0.1, -0.05) is 0 Å². The van der Waals surface area contributed by atoms with Crippen LogP contribution < -0.4 is 5.32 Å². The molecule has 0 saturated carbocycles. The maximum atomic E-state index is 12.2. The van der Waals surface area contributed by atoms with Crippen LogP contribution in [0.4, 0.5) is 5.82 Å². The fourth-order valence-corrected chi connectivity index (χ4v) is 3.25. The van der Waals surface area contributed by atoms with E-state index in [9.17, 15) is 14.9 Å². The number of aryl methyl sites for hydroxylation is 2. The van der Waals surface area contributed by atoms with E-state index in [4.69, 9.17) is 4.42 Å². The molecule has 0 bridgehead atoms. The fraction of sp³-hybridized carbons (Fsp3) is 0.312. The van der Waals surface area contributed by atoms with Crippen molar-refractivity contribution in [2.45, 2.75) is 26.4 Å². The zero-order chi connectivity index (χ0) is 20.3. The predicted molar refractivity (Wildman–Crippen MR) is 106 cm³/mol. The topological polar surface area (TPSA) is 121 Å². The average molecular weight is 516 g/mol. The van der Waals surface area contributed by atoms with Gasteiger partial charge in [0.15, 0.2) is 5.76 Å². The highest BCUT2D eigenvalue weighted by molar-refractivity contribution is 9.10. The van der Waals surface area contributed by atoms with Crippen molar-refractivity contribution in [1.29, 1.82) is 0 Å². The molecule has 1 amide bonds. The summed E-state index contributed by atoms with van der Waals surface area (Å²) in [6.07, 6.45) is 4.10. The molecule has 1 N–H and O–H groups in total. The monoisotopic (exact) mass is 514 g/mol. The van der Waals surface area contributed by atoms with Gasteiger partial charge in [0.25, 0.3) is 5.91 Å². The lowest BCUT2D eigenvalue weighted by Crippen LogP contribution is -2.24. The molecule has 0 spiro atoms. The van der Waals surface area contributed by atoms with E-state index in [1.165, 1.54) is 10.9 Å². The van der Waals surface area contributed by atoms with Gasteiger partial charge in [0.05, 0.1) is 21.5 Å². The van der Waals surface area contributed by atoms with Crippen LogP contribution in [-0.2, 0) is 13.1 Å². The molecule has 3 aromatic rings. The quantitative estimate of drug-likeness (QED) is 0.279. The van der Waals surface area contributed by atoms with Gasteiger partial charge < -0.3 is 19.8 Å². The average Bonchev–Trinajstić information content (AvgIpc) is 3.32. The molecule has 12 heteroatoms. The molecular weight excluding hydrogens is 500 g/mol. The summed E-state index contributed by atoms with van der Waals surface area (Å²) in [4.78, 5) is 22.4. The lowest BCUT2D eigenvalue weighted by molar-refractivity contribution is -0.390. The van der Waals surface area contributed by atoms with Crippen LogP contribution >= 0.6 is 31.9 Å². The summed E-state index contributed by atoms with van der Waals surface area (Å²) in [7, 11) is 0. The van der Waals surface area contributed by atoms with Gasteiger partial charge in [-0.05, 0) is 62.3 Å². The van der Waals surface area contributed by atoms with Gasteiger partial charge in [0.1, 0.15) is 16.8 Å². The number of nitro groups is 1. The Hall–Kier alpha value is -2.47. The van der Waals surface area contributed by atoms with Crippen molar-refractivity contribution in [3.8, 4) is 0 Å². The zero-order valence-corrected chi connectivity index (χ0v) is 17.9. The Morgan fingerprint density at radius 2 is 2.00 bits per heavy atom. The van der Waals surface area contributed by atoms with Crippen LogP contribution in [0.2, 0.25) is 0 Å². The van der Waals surface area contributed by atoms with E-state index in [2.05, 4.69) is 47.4 Å². The Morgan fingerprint density at radius 3 is 2.64 bits per heavy atom. The first-order valence-corrected chi connectivity index (χ1v) is 9.86. The number of carbonyl (C=O) groups is 1. The number of halogens is 2. The second-order valence-electron chi connectivity index (χ2n) is 5.96. The highest BCUT2D eigenvalue weighted by Crippen LogP contribution is 2.22. The van der Waals surface area contributed by atoms with E-state index in [1.54, 1.807) is 12.1 Å². The predicted octanol–water partition coefficient (Wildman–Crippen LogP) is 3.28. The molecule has 0 saturated heterocycles. The standard InChI is InChI=1S/C16H16Br2N6O4/c1-10-12(17)8-22(20-10)6-2-5-19-16(25)14-4-3-11(28-14)7-23-9-13(18)15(21-23)24(26)27/h3-4,8-9H,2,5-7H2,1H3,(H,19,25). The van der Waals surface area contributed by atoms with Crippen molar-refractivity contribution in [2.75, 3.05) is 6.54 Å². The molecule has 0 aliphatic carbocycles. The molecule has 0 aliphatic heterocycles. The lowest BCUT2D eigenvalue weighted by Gasteiger charge is -2.03. The van der Waals surface area contributed by atoms with Gasteiger partial charge in [-0.3, -0.25) is 9.48 Å². The molecule has 0 radical (unpaired) electrons. The minimum atomic E-state index is -0.579. The van der Waals surface area contributed by atoms with Crippen molar-refractivity contribution in [2.24, 2.45) is 0 Å². The third-order valence-corrected chi connectivity index (χ3v) is 5.15. The van der Waals surface area contributed by atoms with Crippen LogP contribution in [0.15, 0.2) is 37.9 Å². The number of hydrogen-bond donors (Lipinski definition) is 1. The summed E-state index contributed by atoms with van der Waals surface area (Å²) in [6.45, 7) is 3.25. The van der Waals surface area contributed by atoms with E-state index in [-0.39, 0.29) is 28.5 Å². The smallest absolute Gasteiger partial charge is 0.404 e. The summed E-state index contributed by atoms with van der Waals surface area (Å²) in [5, 5.41) is 21.8. The van der Waals surface area contributed by atoms with Crippen LogP contribution in [0.3, 0.4) is 0 Å². The molecule has 0 fully saturated rings. The first kappa shape index (κ1) is 20.3. The lowest BCUT2D eigenvalue weighted by atomic mass is 10.3. The number of nitrogens with zero attached hydrogens (tertiary/aromatic N) is 5. The van der Waals surface area contributed by atoms with Gasteiger partial charge in [-0.25, -0.2) is 0 Å². The highest BCUT2D eigenvalue weighted by atomic mass is 79.9. The number of rotatable bonds is 8. The first-order valence-electron chi connectivity index (χ1n) is 8.27. The number of furan rings is 1. The summed E-state index contributed by atoms with van der Waals surface area (Å²) >= 11 is 6.50. The maximum Gasteiger partial charge on any atom is 0.404 e. The third-order valence-electron chi connectivity index (χ3n) is 3.81. The van der Waals surface area contributed by atoms with E-state index < -0.39 is 4.92 Å². The van der Waals surface area contributed by atoms with Gasteiger partial charge in [-0.2, -0.15) is 9.78 Å². The highest BCUT2D eigenvalue weighted by Gasteiger charge is 2.20. The van der Waals surface area contributed by atoms with Crippen LogP contribution in [0, 0.1) is 17.0 Å². The van der Waals surface area contributed by atoms with Crippen molar-refractivity contribution in [1.82, 2.24) is 24.9 Å². The Balaban J connectivity index is 1.49. The number of hydrogen-bond acceptors (Lipinski definition) is 6. The van der Waals surface area contributed by atoms with Crippen LogP contribution in [0.5, 0.6) is 0 Å². The minimum Gasteiger partial charge on any atom is -0.454 e. The number of carbonyl (C=O) groups excluding carboxylic acids is 1. The molecular formula is C16H16Br2N6O4. The van der Waals surface area contributed by atoms with Crippen LogP contribution in [0.25, 0.3) is 0 Å². The fourth-order valence-electron chi connectivity index (χ4n) is 2.47. The summed E-state index contributed by atoms with van der Waals surface area (Å²) in [5.41, 5.74) is 0.918. The summed E-state index contributed by atoms with van der Waals surface area (Å²) < 4.78 is 9.93. The van der Waals surface area contributed by atoms with Crippen molar-refractivity contribution >= 4 is 43.6 Å². The summed E-state index contributed by atoms with van der Waals surface area (Å²) in [6, 6.07) is 3.20. The van der Waals surface area contributed by atoms with E-state index in [0.717, 1.165) is 16.6 Å². The van der Waals surface area contributed by atoms with Gasteiger partial charge in [0, 0.05) is 19.3 Å². The van der Waals surface area contributed by atoms with Crippen LogP contribution in [-0.4, -0.2) is 36.9 Å². The van der Waals surface area contributed by atoms with Gasteiger partial charge in [-0.15, -0.1) is 0 Å². The number of aromatic nitrogens is 4. The third kappa shape index (κ3) is 4.87. The van der Waals surface area contributed by atoms with E-state index >= 15 is 0 Å². The minimum absolute atomic E-state index is 0.174. The molecule has 148 valence electrons. The largest absolute Gasteiger partial charge is 0.454 e. The molecule has 3 heterocycles. The van der Waals surface area contributed by atoms with E-state index in [0.29, 0.717) is 18.8 Å².